The van der Waals surface area contributed by atoms with E-state index < -0.39 is 5.91 Å². The molecule has 1 aliphatic rings. The first-order valence-corrected chi connectivity index (χ1v) is 8.02. The summed E-state index contributed by atoms with van der Waals surface area (Å²) in [6.07, 6.45) is 2.84. The lowest BCUT2D eigenvalue weighted by Gasteiger charge is -2.34. The predicted octanol–water partition coefficient (Wildman–Crippen LogP) is 1.64. The van der Waals surface area contributed by atoms with E-state index in [1.807, 2.05) is 11.8 Å². The molecule has 3 N–H and O–H groups in total. The maximum Gasteiger partial charge on any atom is 0.269 e. The van der Waals surface area contributed by atoms with Crippen molar-refractivity contribution in [2.24, 2.45) is 5.73 Å². The van der Waals surface area contributed by atoms with E-state index in [0.717, 1.165) is 30.7 Å². The van der Waals surface area contributed by atoms with Crippen molar-refractivity contribution in [3.8, 4) is 0 Å². The van der Waals surface area contributed by atoms with E-state index in [-0.39, 0.29) is 17.6 Å². The number of aromatic nitrogens is 3. The van der Waals surface area contributed by atoms with E-state index in [1.165, 1.54) is 11.3 Å². The number of likely N-dealkylation sites (tertiary alicyclic amines) is 1. The number of aryl methyl sites for hydroxylation is 1. The first kappa shape index (κ1) is 14.7. The number of piperidine rings is 1. The monoisotopic (exact) mass is 319 g/mol. The molecule has 8 heteroatoms. The molecule has 2 aromatic heterocycles. The van der Waals surface area contributed by atoms with Crippen LogP contribution in [-0.2, 0) is 0 Å². The molecule has 1 unspecified atom stereocenters. The quantitative estimate of drug-likeness (QED) is 0.897. The Morgan fingerprint density at radius 2 is 2.27 bits per heavy atom. The molecule has 1 fully saturated rings. The molecule has 7 nitrogen and oxygen atoms in total. The Morgan fingerprint density at radius 1 is 1.45 bits per heavy atom. The number of nitrogens with one attached hydrogen (secondary N) is 1. The van der Waals surface area contributed by atoms with Crippen LogP contribution in [0.25, 0.3) is 0 Å². The molecule has 116 valence electrons. The largest absolute Gasteiger partial charge is 0.364 e. The summed E-state index contributed by atoms with van der Waals surface area (Å²) in [6, 6.07) is 1.53. The third-order valence-corrected chi connectivity index (χ3v) is 4.83. The van der Waals surface area contributed by atoms with Crippen LogP contribution in [-0.4, -0.2) is 38.4 Å². The minimum Gasteiger partial charge on any atom is -0.364 e. The predicted molar refractivity (Wildman–Crippen MR) is 81.6 cm³/mol. The second kappa shape index (κ2) is 5.88. The number of rotatable bonds is 3. The maximum atomic E-state index is 12.8. The van der Waals surface area contributed by atoms with Crippen LogP contribution in [0.5, 0.6) is 0 Å². The van der Waals surface area contributed by atoms with Gasteiger partial charge in [0.25, 0.3) is 11.8 Å². The third-order valence-electron chi connectivity index (χ3n) is 3.91. The van der Waals surface area contributed by atoms with Crippen molar-refractivity contribution < 1.29 is 9.59 Å². The van der Waals surface area contributed by atoms with Gasteiger partial charge in [0.1, 0.15) is 10.6 Å². The first-order valence-electron chi connectivity index (χ1n) is 7.14. The second-order valence-electron chi connectivity index (χ2n) is 5.35. The molecule has 2 amide bonds. The normalized spacial score (nSPS) is 18.4. The fraction of sp³-hybridized carbons (Fsp3) is 0.429. The molecule has 0 radical (unpaired) electrons. The zero-order valence-corrected chi connectivity index (χ0v) is 13.0. The number of primary amides is 1. The van der Waals surface area contributed by atoms with Crippen LogP contribution >= 0.6 is 11.3 Å². The van der Waals surface area contributed by atoms with E-state index in [2.05, 4.69) is 15.2 Å². The summed E-state index contributed by atoms with van der Waals surface area (Å²) in [4.78, 5) is 30.6. The molecular weight excluding hydrogens is 302 g/mol. The molecule has 1 atom stereocenters. The minimum atomic E-state index is -0.575. The fourth-order valence-electron chi connectivity index (χ4n) is 2.77. The summed E-state index contributed by atoms with van der Waals surface area (Å²) in [5, 5.41) is 6.76. The van der Waals surface area contributed by atoms with Gasteiger partial charge in [0.05, 0.1) is 22.9 Å². The molecule has 1 aliphatic heterocycles. The molecule has 0 saturated carbocycles. The summed E-state index contributed by atoms with van der Waals surface area (Å²) >= 11 is 1.36. The highest BCUT2D eigenvalue weighted by atomic mass is 32.1. The minimum absolute atomic E-state index is 0.0140. The molecular formula is C14H17N5O2S. The third kappa shape index (κ3) is 2.61. The van der Waals surface area contributed by atoms with E-state index in [9.17, 15) is 9.59 Å². The van der Waals surface area contributed by atoms with Crippen LogP contribution in [0.3, 0.4) is 0 Å². The number of carbonyl (C=O) groups excluding carboxylic acids is 2. The topological polar surface area (TPSA) is 105 Å². The number of hydrogen-bond donors (Lipinski definition) is 2. The SMILES string of the molecule is Cc1ncsc1C(=O)N1CCCCC1c1cc(C(N)=O)n[nH]1. The Bertz CT molecular complexity index is 708. The van der Waals surface area contributed by atoms with Crippen molar-refractivity contribution in [1.82, 2.24) is 20.1 Å². The highest BCUT2D eigenvalue weighted by molar-refractivity contribution is 7.11. The molecule has 0 aromatic carbocycles. The number of hydrogen-bond acceptors (Lipinski definition) is 5. The van der Waals surface area contributed by atoms with Gasteiger partial charge in [-0.25, -0.2) is 4.98 Å². The van der Waals surface area contributed by atoms with Crippen LogP contribution < -0.4 is 5.73 Å². The Morgan fingerprint density at radius 3 is 2.91 bits per heavy atom. The zero-order chi connectivity index (χ0) is 15.7. The van der Waals surface area contributed by atoms with E-state index in [1.54, 1.807) is 11.6 Å². The summed E-state index contributed by atoms with van der Waals surface area (Å²) < 4.78 is 0. The zero-order valence-electron chi connectivity index (χ0n) is 12.2. The Labute approximate surface area is 131 Å². The van der Waals surface area contributed by atoms with Crippen molar-refractivity contribution in [1.29, 1.82) is 0 Å². The standard InChI is InChI=1S/C14H17N5O2S/c1-8-12(22-7-16-8)14(21)19-5-3-2-4-11(19)9-6-10(13(15)20)18-17-9/h6-7,11H,2-5H2,1H3,(H2,15,20)(H,17,18). The molecule has 3 heterocycles. The van der Waals surface area contributed by atoms with Gasteiger partial charge in [0.15, 0.2) is 0 Å². The molecule has 22 heavy (non-hydrogen) atoms. The fourth-order valence-corrected chi connectivity index (χ4v) is 3.53. The Hall–Kier alpha value is -2.22. The molecule has 0 bridgehead atoms. The molecule has 2 aromatic rings. The summed E-state index contributed by atoms with van der Waals surface area (Å²) in [5.74, 6) is -0.589. The number of H-pyrrole nitrogens is 1. The average Bonchev–Trinajstić information content (AvgIpc) is 3.15. The van der Waals surface area contributed by atoms with Crippen molar-refractivity contribution in [2.75, 3.05) is 6.54 Å². The van der Waals surface area contributed by atoms with Gasteiger partial charge in [-0.2, -0.15) is 5.10 Å². The number of nitrogens with zero attached hydrogens (tertiary/aromatic N) is 3. The Kier molecular flexibility index (Phi) is 3.93. The maximum absolute atomic E-state index is 12.8. The number of carbonyl (C=O) groups is 2. The van der Waals surface area contributed by atoms with Crippen LogP contribution in [0, 0.1) is 6.92 Å². The van der Waals surface area contributed by atoms with Gasteiger partial charge in [-0.3, -0.25) is 14.7 Å². The van der Waals surface area contributed by atoms with Crippen LogP contribution in [0.15, 0.2) is 11.6 Å². The van der Waals surface area contributed by atoms with Crippen molar-refractivity contribution >= 4 is 23.2 Å². The van der Waals surface area contributed by atoms with Crippen LogP contribution in [0.1, 0.15) is 56.9 Å². The summed E-state index contributed by atoms with van der Waals surface area (Å²) in [7, 11) is 0. The number of aromatic amines is 1. The second-order valence-corrected chi connectivity index (χ2v) is 6.20. The van der Waals surface area contributed by atoms with Gasteiger partial charge >= 0.3 is 0 Å². The van der Waals surface area contributed by atoms with Gasteiger partial charge < -0.3 is 10.6 Å². The van der Waals surface area contributed by atoms with Gasteiger partial charge in [-0.1, -0.05) is 0 Å². The Balaban J connectivity index is 1.89. The first-order chi connectivity index (χ1) is 10.6. The lowest BCUT2D eigenvalue weighted by molar-refractivity contribution is 0.0610. The van der Waals surface area contributed by atoms with Crippen LogP contribution in [0.2, 0.25) is 0 Å². The van der Waals surface area contributed by atoms with Crippen molar-refractivity contribution in [3.05, 3.63) is 33.5 Å². The number of thiazole rings is 1. The van der Waals surface area contributed by atoms with Crippen LogP contribution in [0.4, 0.5) is 0 Å². The molecule has 0 aliphatic carbocycles. The lowest BCUT2D eigenvalue weighted by Crippen LogP contribution is -2.38. The van der Waals surface area contributed by atoms with E-state index in [4.69, 9.17) is 5.73 Å². The highest BCUT2D eigenvalue weighted by Crippen LogP contribution is 2.32. The summed E-state index contributed by atoms with van der Waals surface area (Å²) in [6.45, 7) is 2.52. The van der Waals surface area contributed by atoms with Crippen molar-refractivity contribution in [3.63, 3.8) is 0 Å². The summed E-state index contributed by atoms with van der Waals surface area (Å²) in [5.41, 5.74) is 8.62. The molecule has 1 saturated heterocycles. The van der Waals surface area contributed by atoms with Gasteiger partial charge in [-0.05, 0) is 32.3 Å². The van der Waals surface area contributed by atoms with E-state index in [0.29, 0.717) is 11.4 Å². The smallest absolute Gasteiger partial charge is 0.269 e. The van der Waals surface area contributed by atoms with E-state index >= 15 is 0 Å². The average molecular weight is 319 g/mol. The van der Waals surface area contributed by atoms with Gasteiger partial charge in [0, 0.05) is 6.54 Å². The molecule has 0 spiro atoms. The number of nitrogens with two attached hydrogens (primary N) is 1. The number of amides is 2. The van der Waals surface area contributed by atoms with Gasteiger partial charge in [-0.15, -0.1) is 11.3 Å². The molecule has 3 rings (SSSR count). The van der Waals surface area contributed by atoms with Crippen molar-refractivity contribution in [2.45, 2.75) is 32.2 Å². The lowest BCUT2D eigenvalue weighted by atomic mass is 9.98. The van der Waals surface area contributed by atoms with Gasteiger partial charge in [0.2, 0.25) is 0 Å². The highest BCUT2D eigenvalue weighted by Gasteiger charge is 2.31.